The molecule has 0 fully saturated rings. The fourth-order valence-electron chi connectivity index (χ4n) is 1.42. The highest BCUT2D eigenvalue weighted by atomic mass is 19.4. The molecule has 1 aromatic carbocycles. The molecule has 1 aromatic rings. The molecule has 0 aliphatic rings. The van der Waals surface area contributed by atoms with Gasteiger partial charge in [-0.3, -0.25) is 10.2 Å². The van der Waals surface area contributed by atoms with E-state index in [-0.39, 0.29) is 24.2 Å². The average molecular weight is 292 g/mol. The van der Waals surface area contributed by atoms with Gasteiger partial charge in [-0.25, -0.2) is 5.84 Å². The van der Waals surface area contributed by atoms with E-state index in [0.29, 0.717) is 12.2 Å². The summed E-state index contributed by atoms with van der Waals surface area (Å²) in [6, 6.07) is 5.03. The van der Waals surface area contributed by atoms with E-state index in [0.717, 1.165) is 12.1 Å². The van der Waals surface area contributed by atoms with Crippen LogP contribution in [0, 0.1) is 0 Å². The third-order valence-electron chi connectivity index (χ3n) is 2.33. The molecule has 8 heteroatoms. The van der Waals surface area contributed by atoms with E-state index in [1.54, 1.807) is 6.92 Å². The second-order valence-corrected chi connectivity index (χ2v) is 4.05. The van der Waals surface area contributed by atoms with Crippen LogP contribution in [0.2, 0.25) is 0 Å². The molecular weight excluding hydrogens is 277 g/mol. The molecule has 0 aliphatic carbocycles. The monoisotopic (exact) mass is 292 g/mol. The summed E-state index contributed by atoms with van der Waals surface area (Å²) < 4.78 is 45.0. The number of hydrogen-bond acceptors (Lipinski definition) is 4. The Morgan fingerprint density at radius 2 is 1.85 bits per heavy atom. The zero-order chi connectivity index (χ0) is 15.2. The van der Waals surface area contributed by atoms with Crippen LogP contribution in [0.15, 0.2) is 24.3 Å². The average Bonchev–Trinajstić information content (AvgIpc) is 2.36. The van der Waals surface area contributed by atoms with Crippen molar-refractivity contribution < 1.29 is 27.4 Å². The van der Waals surface area contributed by atoms with Crippen molar-refractivity contribution >= 4 is 5.91 Å². The summed E-state index contributed by atoms with van der Waals surface area (Å²) >= 11 is 0. The van der Waals surface area contributed by atoms with Crippen LogP contribution in [0.3, 0.4) is 0 Å². The van der Waals surface area contributed by atoms with Crippen LogP contribution in [0.1, 0.15) is 19.8 Å². The highest BCUT2D eigenvalue weighted by Gasteiger charge is 2.30. The van der Waals surface area contributed by atoms with Gasteiger partial charge in [0, 0.05) is 6.42 Å². The molecule has 5 nitrogen and oxygen atoms in total. The predicted octanol–water partition coefficient (Wildman–Crippen LogP) is 2.12. The standard InChI is InChI=1S/C12H15F3N2O3/c1-8(2-7-11(18)17-16)19-9-3-5-10(6-4-9)20-12(13,14)15/h3-6,8H,2,7,16H2,1H3,(H,17,18). The van der Waals surface area contributed by atoms with Crippen molar-refractivity contribution in [3.63, 3.8) is 0 Å². The van der Waals surface area contributed by atoms with Crippen molar-refractivity contribution in [2.75, 3.05) is 0 Å². The number of ether oxygens (including phenoxy) is 2. The van der Waals surface area contributed by atoms with E-state index in [1.165, 1.54) is 12.1 Å². The second kappa shape index (κ2) is 6.99. The van der Waals surface area contributed by atoms with E-state index in [4.69, 9.17) is 10.6 Å². The highest BCUT2D eigenvalue weighted by molar-refractivity contribution is 5.75. The Labute approximate surface area is 113 Å². The van der Waals surface area contributed by atoms with Gasteiger partial charge in [-0.1, -0.05) is 0 Å². The van der Waals surface area contributed by atoms with Gasteiger partial charge >= 0.3 is 6.36 Å². The normalized spacial score (nSPS) is 12.7. The first-order valence-electron chi connectivity index (χ1n) is 5.82. The second-order valence-electron chi connectivity index (χ2n) is 4.05. The Hall–Kier alpha value is -1.96. The summed E-state index contributed by atoms with van der Waals surface area (Å²) in [4.78, 5) is 10.9. The molecule has 112 valence electrons. The van der Waals surface area contributed by atoms with Crippen LogP contribution in [-0.2, 0) is 4.79 Å². The van der Waals surface area contributed by atoms with Gasteiger partial charge in [0.2, 0.25) is 5.91 Å². The Morgan fingerprint density at radius 1 is 1.30 bits per heavy atom. The molecule has 1 atom stereocenters. The maximum absolute atomic E-state index is 12.0. The van der Waals surface area contributed by atoms with Crippen LogP contribution < -0.4 is 20.7 Å². The molecular formula is C12H15F3N2O3. The molecule has 0 radical (unpaired) electrons. The van der Waals surface area contributed by atoms with E-state index < -0.39 is 6.36 Å². The molecule has 0 saturated carbocycles. The zero-order valence-corrected chi connectivity index (χ0v) is 10.7. The number of nitrogens with two attached hydrogens (primary N) is 1. The van der Waals surface area contributed by atoms with Crippen LogP contribution in [0.4, 0.5) is 13.2 Å². The van der Waals surface area contributed by atoms with Crippen molar-refractivity contribution in [3.05, 3.63) is 24.3 Å². The maximum atomic E-state index is 12.0. The summed E-state index contributed by atoms with van der Waals surface area (Å²) in [6.07, 6.45) is -4.36. The van der Waals surface area contributed by atoms with Gasteiger partial charge in [-0.05, 0) is 37.6 Å². The number of alkyl halides is 3. The van der Waals surface area contributed by atoms with Gasteiger partial charge in [0.05, 0.1) is 6.10 Å². The lowest BCUT2D eigenvalue weighted by atomic mass is 10.2. The quantitative estimate of drug-likeness (QED) is 0.478. The summed E-state index contributed by atoms with van der Waals surface area (Å²) in [5, 5.41) is 0. The number of hydrogen-bond donors (Lipinski definition) is 2. The summed E-state index contributed by atoms with van der Waals surface area (Å²) in [5.74, 6) is 4.69. The number of rotatable bonds is 6. The Balaban J connectivity index is 2.46. The first kappa shape index (κ1) is 16.1. The van der Waals surface area contributed by atoms with Crippen molar-refractivity contribution in [1.82, 2.24) is 5.43 Å². The molecule has 20 heavy (non-hydrogen) atoms. The van der Waals surface area contributed by atoms with E-state index in [1.807, 2.05) is 5.43 Å². The summed E-state index contributed by atoms with van der Waals surface area (Å²) in [6.45, 7) is 1.74. The Morgan fingerprint density at radius 3 is 2.35 bits per heavy atom. The lowest BCUT2D eigenvalue weighted by Crippen LogP contribution is -2.30. The molecule has 0 saturated heterocycles. The largest absolute Gasteiger partial charge is 0.573 e. The minimum Gasteiger partial charge on any atom is -0.491 e. The third kappa shape index (κ3) is 6.28. The van der Waals surface area contributed by atoms with Crippen molar-refractivity contribution in [2.24, 2.45) is 5.84 Å². The Bertz CT molecular complexity index is 435. The van der Waals surface area contributed by atoms with E-state index in [2.05, 4.69) is 4.74 Å². The Kier molecular flexibility index (Phi) is 5.63. The molecule has 0 spiro atoms. The summed E-state index contributed by atoms with van der Waals surface area (Å²) in [7, 11) is 0. The smallest absolute Gasteiger partial charge is 0.491 e. The van der Waals surface area contributed by atoms with Crippen molar-refractivity contribution in [2.45, 2.75) is 32.2 Å². The molecule has 0 aliphatic heterocycles. The molecule has 3 N–H and O–H groups in total. The van der Waals surface area contributed by atoms with Crippen molar-refractivity contribution in [3.8, 4) is 11.5 Å². The molecule has 0 heterocycles. The summed E-state index contributed by atoms with van der Waals surface area (Å²) in [5.41, 5.74) is 2.00. The molecule has 0 bridgehead atoms. The lowest BCUT2D eigenvalue weighted by Gasteiger charge is -2.15. The SMILES string of the molecule is CC(CCC(=O)NN)Oc1ccc(OC(F)(F)F)cc1. The lowest BCUT2D eigenvalue weighted by molar-refractivity contribution is -0.274. The van der Waals surface area contributed by atoms with Crippen LogP contribution in [0.25, 0.3) is 0 Å². The molecule has 1 amide bonds. The highest BCUT2D eigenvalue weighted by Crippen LogP contribution is 2.25. The van der Waals surface area contributed by atoms with E-state index in [9.17, 15) is 18.0 Å². The van der Waals surface area contributed by atoms with Gasteiger partial charge in [0.15, 0.2) is 0 Å². The minimum atomic E-state index is -4.72. The third-order valence-corrected chi connectivity index (χ3v) is 2.33. The maximum Gasteiger partial charge on any atom is 0.573 e. The fourth-order valence-corrected chi connectivity index (χ4v) is 1.42. The number of carbonyl (C=O) groups excluding carboxylic acids is 1. The van der Waals surface area contributed by atoms with Gasteiger partial charge in [0.1, 0.15) is 11.5 Å². The zero-order valence-electron chi connectivity index (χ0n) is 10.7. The number of amides is 1. The van der Waals surface area contributed by atoms with Gasteiger partial charge in [-0.2, -0.15) is 0 Å². The number of nitrogens with one attached hydrogen (secondary N) is 1. The van der Waals surface area contributed by atoms with Crippen molar-refractivity contribution in [1.29, 1.82) is 0 Å². The predicted molar refractivity (Wildman–Crippen MR) is 64.8 cm³/mol. The first-order chi connectivity index (χ1) is 9.30. The van der Waals surface area contributed by atoms with Gasteiger partial charge in [-0.15, -0.1) is 13.2 Å². The minimum absolute atomic E-state index is 0.201. The number of halogens is 3. The first-order valence-corrected chi connectivity index (χ1v) is 5.82. The number of carbonyl (C=O) groups is 1. The van der Waals surface area contributed by atoms with Crippen LogP contribution >= 0.6 is 0 Å². The number of benzene rings is 1. The molecule has 0 aromatic heterocycles. The molecule has 1 unspecified atom stereocenters. The number of hydrazine groups is 1. The van der Waals surface area contributed by atoms with E-state index >= 15 is 0 Å². The topological polar surface area (TPSA) is 73.6 Å². The molecule has 1 rings (SSSR count). The van der Waals surface area contributed by atoms with Gasteiger partial charge < -0.3 is 9.47 Å². The van der Waals surface area contributed by atoms with Crippen LogP contribution in [-0.4, -0.2) is 18.4 Å². The fraction of sp³-hybridized carbons (Fsp3) is 0.417. The van der Waals surface area contributed by atoms with Gasteiger partial charge in [0.25, 0.3) is 0 Å². The van der Waals surface area contributed by atoms with Crippen LogP contribution in [0.5, 0.6) is 11.5 Å².